The molecule has 142 valence electrons. The number of rotatable bonds is 6. The zero-order valence-corrected chi connectivity index (χ0v) is 15.8. The highest BCUT2D eigenvalue weighted by molar-refractivity contribution is 5.97. The van der Waals surface area contributed by atoms with E-state index in [4.69, 9.17) is 5.73 Å². The van der Waals surface area contributed by atoms with Gasteiger partial charge in [0, 0.05) is 26.2 Å². The maximum Gasteiger partial charge on any atom is 0.245 e. The van der Waals surface area contributed by atoms with E-state index in [1.54, 1.807) is 4.90 Å². The fourth-order valence-electron chi connectivity index (χ4n) is 3.85. The van der Waals surface area contributed by atoms with Gasteiger partial charge in [-0.15, -0.1) is 0 Å². The van der Waals surface area contributed by atoms with Crippen molar-refractivity contribution in [3.8, 4) is 0 Å². The van der Waals surface area contributed by atoms with Crippen molar-refractivity contribution in [3.63, 3.8) is 0 Å². The first kappa shape index (κ1) is 18.9. The first-order chi connectivity index (χ1) is 12.5. The fraction of sp³-hybridized carbons (Fsp3) is 0.600. The van der Waals surface area contributed by atoms with Gasteiger partial charge in [-0.25, -0.2) is 0 Å². The number of benzene rings is 1. The van der Waals surface area contributed by atoms with E-state index < -0.39 is 0 Å². The Morgan fingerprint density at radius 2 is 1.96 bits per heavy atom. The Balaban J connectivity index is 1.61. The summed E-state index contributed by atoms with van der Waals surface area (Å²) < 4.78 is 0. The van der Waals surface area contributed by atoms with Crippen molar-refractivity contribution >= 4 is 11.8 Å². The molecule has 2 saturated heterocycles. The van der Waals surface area contributed by atoms with Gasteiger partial charge in [-0.05, 0) is 56.3 Å². The SMILES string of the molecule is Cc1ccc(CN2CCN3C(=O)[C@H](CCCCN)NC(=O)[C@H]3C2)cc1C. The second-order valence-electron chi connectivity index (χ2n) is 7.55. The molecule has 26 heavy (non-hydrogen) atoms. The molecule has 0 aliphatic carbocycles. The zero-order chi connectivity index (χ0) is 18.7. The van der Waals surface area contributed by atoms with E-state index in [1.807, 2.05) is 0 Å². The number of aryl methyl sites for hydroxylation is 2. The zero-order valence-electron chi connectivity index (χ0n) is 15.8. The molecule has 0 unspecified atom stereocenters. The highest BCUT2D eigenvalue weighted by Crippen LogP contribution is 2.20. The Morgan fingerprint density at radius 3 is 2.69 bits per heavy atom. The summed E-state index contributed by atoms with van der Waals surface area (Å²) in [6.45, 7) is 7.68. The van der Waals surface area contributed by atoms with Crippen molar-refractivity contribution < 1.29 is 9.59 Å². The van der Waals surface area contributed by atoms with E-state index in [0.717, 1.165) is 25.9 Å². The number of carbonyl (C=O) groups is 2. The molecule has 2 amide bonds. The van der Waals surface area contributed by atoms with Gasteiger partial charge in [-0.2, -0.15) is 0 Å². The lowest BCUT2D eigenvalue weighted by molar-refractivity contribution is -0.153. The van der Waals surface area contributed by atoms with Crippen LogP contribution in [0.4, 0.5) is 0 Å². The third kappa shape index (κ3) is 4.07. The molecule has 1 aromatic rings. The summed E-state index contributed by atoms with van der Waals surface area (Å²) in [5, 5.41) is 2.93. The van der Waals surface area contributed by atoms with Gasteiger partial charge in [0.05, 0.1) is 0 Å². The van der Waals surface area contributed by atoms with Crippen molar-refractivity contribution in [1.29, 1.82) is 0 Å². The van der Waals surface area contributed by atoms with Gasteiger partial charge >= 0.3 is 0 Å². The van der Waals surface area contributed by atoms with Crippen LogP contribution in [0.3, 0.4) is 0 Å². The van der Waals surface area contributed by atoms with E-state index >= 15 is 0 Å². The summed E-state index contributed by atoms with van der Waals surface area (Å²) in [7, 11) is 0. The Bertz CT molecular complexity index is 676. The van der Waals surface area contributed by atoms with Gasteiger partial charge in [-0.3, -0.25) is 14.5 Å². The summed E-state index contributed by atoms with van der Waals surface area (Å²) in [5.41, 5.74) is 9.35. The van der Waals surface area contributed by atoms with Crippen LogP contribution in [0, 0.1) is 13.8 Å². The highest BCUT2D eigenvalue weighted by Gasteiger charge is 2.42. The van der Waals surface area contributed by atoms with Crippen LogP contribution < -0.4 is 11.1 Å². The van der Waals surface area contributed by atoms with Crippen molar-refractivity contribution in [2.75, 3.05) is 26.2 Å². The van der Waals surface area contributed by atoms with Crippen molar-refractivity contribution in [2.45, 2.75) is 51.7 Å². The van der Waals surface area contributed by atoms with Gasteiger partial charge in [0.2, 0.25) is 11.8 Å². The minimum atomic E-state index is -0.378. The maximum absolute atomic E-state index is 12.7. The number of piperazine rings is 2. The van der Waals surface area contributed by atoms with Crippen molar-refractivity contribution in [3.05, 3.63) is 34.9 Å². The van der Waals surface area contributed by atoms with Crippen LogP contribution in [-0.4, -0.2) is 59.9 Å². The number of nitrogens with zero attached hydrogens (tertiary/aromatic N) is 2. The molecule has 2 aliphatic heterocycles. The molecule has 0 saturated carbocycles. The summed E-state index contributed by atoms with van der Waals surface area (Å²) >= 11 is 0. The van der Waals surface area contributed by atoms with Crippen LogP contribution in [-0.2, 0) is 16.1 Å². The predicted molar refractivity (Wildman–Crippen MR) is 102 cm³/mol. The lowest BCUT2D eigenvalue weighted by Gasteiger charge is -2.45. The van der Waals surface area contributed by atoms with Crippen LogP contribution in [0.5, 0.6) is 0 Å². The molecule has 2 fully saturated rings. The molecule has 3 N–H and O–H groups in total. The van der Waals surface area contributed by atoms with E-state index in [1.165, 1.54) is 16.7 Å². The van der Waals surface area contributed by atoms with Crippen LogP contribution in [0.15, 0.2) is 18.2 Å². The maximum atomic E-state index is 12.7. The second-order valence-corrected chi connectivity index (χ2v) is 7.55. The molecule has 2 heterocycles. The van der Waals surface area contributed by atoms with Crippen molar-refractivity contribution in [1.82, 2.24) is 15.1 Å². The minimum Gasteiger partial charge on any atom is -0.342 e. The molecule has 0 bridgehead atoms. The molecule has 1 aromatic carbocycles. The number of carbonyl (C=O) groups excluding carboxylic acids is 2. The lowest BCUT2D eigenvalue weighted by Crippen LogP contribution is -2.69. The summed E-state index contributed by atoms with van der Waals surface area (Å²) in [6.07, 6.45) is 2.43. The molecule has 6 heteroatoms. The Morgan fingerprint density at radius 1 is 1.15 bits per heavy atom. The average Bonchev–Trinajstić information content (AvgIpc) is 2.62. The number of hydrogen-bond acceptors (Lipinski definition) is 4. The van der Waals surface area contributed by atoms with Crippen molar-refractivity contribution in [2.24, 2.45) is 5.73 Å². The van der Waals surface area contributed by atoms with E-state index in [0.29, 0.717) is 26.1 Å². The Kier molecular flexibility index (Phi) is 5.94. The summed E-state index contributed by atoms with van der Waals surface area (Å²) in [6, 6.07) is 5.75. The molecular formula is C20H30N4O2. The predicted octanol–water partition coefficient (Wildman–Crippen LogP) is 0.944. The van der Waals surface area contributed by atoms with Crippen LogP contribution in [0.1, 0.15) is 36.0 Å². The van der Waals surface area contributed by atoms with Crippen LogP contribution in [0.25, 0.3) is 0 Å². The largest absolute Gasteiger partial charge is 0.342 e. The quantitative estimate of drug-likeness (QED) is 0.742. The standard InChI is InChI=1S/C20H30N4O2/c1-14-6-7-16(11-15(14)2)12-23-9-10-24-18(13-23)19(25)22-17(20(24)26)5-3-4-8-21/h6-7,11,17-18H,3-5,8-10,12-13,21H2,1-2H3,(H,22,25)/t17-,18+/m0/s1. The number of unbranched alkanes of at least 4 members (excludes halogenated alkanes) is 1. The number of fused-ring (bicyclic) bond motifs is 1. The van der Waals surface area contributed by atoms with Gasteiger partial charge in [-0.1, -0.05) is 18.2 Å². The van der Waals surface area contributed by atoms with E-state index in [9.17, 15) is 9.59 Å². The van der Waals surface area contributed by atoms with Gasteiger partial charge in [0.25, 0.3) is 0 Å². The smallest absolute Gasteiger partial charge is 0.245 e. The molecule has 3 rings (SSSR count). The minimum absolute atomic E-state index is 0.0212. The number of nitrogens with one attached hydrogen (secondary N) is 1. The normalized spacial score (nSPS) is 23.7. The number of nitrogens with two attached hydrogens (primary N) is 1. The molecule has 2 aliphatic rings. The molecule has 6 nitrogen and oxygen atoms in total. The van der Waals surface area contributed by atoms with E-state index in [-0.39, 0.29) is 23.9 Å². The van der Waals surface area contributed by atoms with Crippen LogP contribution in [0.2, 0.25) is 0 Å². The Labute approximate surface area is 155 Å². The molecule has 0 aromatic heterocycles. The van der Waals surface area contributed by atoms with Gasteiger partial charge < -0.3 is 16.0 Å². The number of hydrogen-bond donors (Lipinski definition) is 2. The number of amides is 2. The molecular weight excluding hydrogens is 328 g/mol. The summed E-state index contributed by atoms with van der Waals surface area (Å²) in [4.78, 5) is 29.3. The topological polar surface area (TPSA) is 78.7 Å². The van der Waals surface area contributed by atoms with E-state index in [2.05, 4.69) is 42.3 Å². The first-order valence-electron chi connectivity index (χ1n) is 9.59. The molecule has 0 spiro atoms. The van der Waals surface area contributed by atoms with Crippen LogP contribution >= 0.6 is 0 Å². The fourth-order valence-corrected chi connectivity index (χ4v) is 3.85. The van der Waals surface area contributed by atoms with Gasteiger partial charge in [0.15, 0.2) is 0 Å². The second kappa shape index (κ2) is 8.18. The Hall–Kier alpha value is -1.92. The van der Waals surface area contributed by atoms with Gasteiger partial charge in [0.1, 0.15) is 12.1 Å². The molecule has 0 radical (unpaired) electrons. The third-order valence-electron chi connectivity index (χ3n) is 5.59. The summed E-state index contributed by atoms with van der Waals surface area (Å²) in [5.74, 6) is 0.0459. The first-order valence-corrected chi connectivity index (χ1v) is 9.59. The lowest BCUT2D eigenvalue weighted by atomic mass is 9.99. The third-order valence-corrected chi connectivity index (χ3v) is 5.59. The highest BCUT2D eigenvalue weighted by atomic mass is 16.2. The monoisotopic (exact) mass is 358 g/mol. The average molecular weight is 358 g/mol. The molecule has 2 atom stereocenters.